The van der Waals surface area contributed by atoms with E-state index in [0.717, 1.165) is 4.88 Å². The molecule has 1 aromatic rings. The summed E-state index contributed by atoms with van der Waals surface area (Å²) in [6.07, 6.45) is 2.37. The second-order valence-corrected chi connectivity index (χ2v) is 10.6. The Bertz CT molecular complexity index is 894. The molecule has 0 spiro atoms. The third-order valence-electron chi connectivity index (χ3n) is 4.47. The molecule has 0 N–H and O–H groups in total. The first-order valence-electron chi connectivity index (χ1n) is 8.53. The summed E-state index contributed by atoms with van der Waals surface area (Å²) in [5.41, 5.74) is 0.267. The lowest BCUT2D eigenvalue weighted by molar-refractivity contribution is -0.134. The van der Waals surface area contributed by atoms with Gasteiger partial charge in [-0.15, -0.1) is 17.9 Å². The van der Waals surface area contributed by atoms with E-state index < -0.39 is 15.9 Å². The summed E-state index contributed by atoms with van der Waals surface area (Å²) < 4.78 is 24.1. The molecule has 10 heteroatoms. The zero-order valence-electron chi connectivity index (χ0n) is 14.6. The largest absolute Gasteiger partial charge is 0.329 e. The molecule has 1 fully saturated rings. The van der Waals surface area contributed by atoms with Gasteiger partial charge in [0.15, 0.2) is 9.84 Å². The van der Waals surface area contributed by atoms with Crippen molar-refractivity contribution in [2.45, 2.75) is 31.8 Å². The van der Waals surface area contributed by atoms with E-state index >= 15 is 0 Å². The highest BCUT2D eigenvalue weighted by Gasteiger charge is 2.37. The van der Waals surface area contributed by atoms with Gasteiger partial charge in [0, 0.05) is 24.3 Å². The molecule has 2 aliphatic rings. The predicted octanol–water partition coefficient (Wildman–Crippen LogP) is 2.08. The van der Waals surface area contributed by atoms with Crippen LogP contribution in [0.5, 0.6) is 0 Å². The minimum absolute atomic E-state index is 0.0436. The van der Waals surface area contributed by atoms with Crippen molar-refractivity contribution in [2.75, 3.05) is 18.1 Å². The summed E-state index contributed by atoms with van der Waals surface area (Å²) in [5.74, 6) is -0.581. The zero-order chi connectivity index (χ0) is 19.6. The van der Waals surface area contributed by atoms with Crippen LogP contribution in [-0.4, -0.2) is 59.9 Å². The second-order valence-electron chi connectivity index (χ2n) is 6.52. The standard InChI is InChI=1S/C17H20ClN3O4S2/c1-2-8-20(10-13-3-5-15(18)26-13)17(23)14-4-6-16(22)21(19-14)12-7-9-27(24,25)11-12/h2-3,5,12H,1,4,6-11H2. The third-order valence-corrected chi connectivity index (χ3v) is 7.44. The number of amides is 2. The van der Waals surface area contributed by atoms with Gasteiger partial charge in [0.1, 0.15) is 5.71 Å². The highest BCUT2D eigenvalue weighted by atomic mass is 35.5. The number of hydrogen-bond donors (Lipinski definition) is 0. The number of hydrogen-bond acceptors (Lipinski definition) is 6. The average Bonchev–Trinajstić information content (AvgIpc) is 3.19. The molecule has 2 amide bonds. The average molecular weight is 430 g/mol. The van der Waals surface area contributed by atoms with Gasteiger partial charge in [-0.05, 0) is 18.6 Å². The van der Waals surface area contributed by atoms with Crippen LogP contribution < -0.4 is 0 Å². The molecule has 2 aliphatic heterocycles. The van der Waals surface area contributed by atoms with E-state index in [2.05, 4.69) is 11.7 Å². The molecule has 3 rings (SSSR count). The maximum Gasteiger partial charge on any atom is 0.270 e. The van der Waals surface area contributed by atoms with Crippen LogP contribution in [0.25, 0.3) is 0 Å². The van der Waals surface area contributed by atoms with Crippen LogP contribution in [0.1, 0.15) is 24.1 Å². The summed E-state index contributed by atoms with van der Waals surface area (Å²) in [4.78, 5) is 27.7. The lowest BCUT2D eigenvalue weighted by Crippen LogP contribution is -2.45. The Kier molecular flexibility index (Phi) is 6.02. The van der Waals surface area contributed by atoms with Crippen LogP contribution in [0.3, 0.4) is 0 Å². The van der Waals surface area contributed by atoms with Crippen LogP contribution in [0.15, 0.2) is 29.9 Å². The maximum absolute atomic E-state index is 13.0. The van der Waals surface area contributed by atoms with E-state index in [1.807, 2.05) is 6.07 Å². The van der Waals surface area contributed by atoms with Gasteiger partial charge in [-0.1, -0.05) is 17.7 Å². The minimum Gasteiger partial charge on any atom is -0.329 e. The summed E-state index contributed by atoms with van der Waals surface area (Å²) in [7, 11) is -3.15. The van der Waals surface area contributed by atoms with E-state index in [0.29, 0.717) is 23.8 Å². The quantitative estimate of drug-likeness (QED) is 0.648. The van der Waals surface area contributed by atoms with E-state index in [1.54, 1.807) is 17.0 Å². The lowest BCUT2D eigenvalue weighted by Gasteiger charge is -2.29. The first-order valence-corrected chi connectivity index (χ1v) is 11.5. The Hall–Kier alpha value is -1.71. The first-order chi connectivity index (χ1) is 12.8. The van der Waals surface area contributed by atoms with Crippen molar-refractivity contribution in [1.29, 1.82) is 0 Å². The van der Waals surface area contributed by atoms with Gasteiger partial charge in [-0.2, -0.15) is 5.10 Å². The van der Waals surface area contributed by atoms with Crippen molar-refractivity contribution < 1.29 is 18.0 Å². The van der Waals surface area contributed by atoms with Gasteiger partial charge in [-0.3, -0.25) is 9.59 Å². The number of halogens is 1. The molecule has 0 saturated carbocycles. The van der Waals surface area contributed by atoms with Crippen molar-refractivity contribution in [3.05, 3.63) is 34.0 Å². The van der Waals surface area contributed by atoms with Crippen molar-refractivity contribution in [1.82, 2.24) is 9.91 Å². The lowest BCUT2D eigenvalue weighted by atomic mass is 10.1. The van der Waals surface area contributed by atoms with E-state index in [4.69, 9.17) is 11.6 Å². The number of rotatable bonds is 6. The third kappa shape index (κ3) is 4.77. The molecule has 146 valence electrons. The maximum atomic E-state index is 13.0. The van der Waals surface area contributed by atoms with Crippen molar-refractivity contribution in [2.24, 2.45) is 5.10 Å². The van der Waals surface area contributed by atoms with E-state index in [-0.39, 0.29) is 41.9 Å². The number of hydrazone groups is 1. The van der Waals surface area contributed by atoms with Gasteiger partial charge in [0.2, 0.25) is 5.91 Å². The highest BCUT2D eigenvalue weighted by Crippen LogP contribution is 2.25. The Morgan fingerprint density at radius 1 is 1.44 bits per heavy atom. The molecule has 1 atom stereocenters. The fourth-order valence-corrected chi connectivity index (χ4v) is 5.96. The van der Waals surface area contributed by atoms with Crippen LogP contribution in [0.2, 0.25) is 4.34 Å². The molecule has 1 saturated heterocycles. The minimum atomic E-state index is -3.15. The van der Waals surface area contributed by atoms with Gasteiger partial charge >= 0.3 is 0 Å². The fraction of sp³-hybridized carbons (Fsp3) is 0.471. The summed E-state index contributed by atoms with van der Waals surface area (Å²) in [6.45, 7) is 4.39. The van der Waals surface area contributed by atoms with Crippen LogP contribution in [-0.2, 0) is 26.0 Å². The SMILES string of the molecule is C=CCN(Cc1ccc(Cl)s1)C(=O)C1=NN(C2CCS(=O)(=O)C2)C(=O)CC1. The highest BCUT2D eigenvalue weighted by molar-refractivity contribution is 7.91. The number of thiophene rings is 1. The van der Waals surface area contributed by atoms with Crippen LogP contribution in [0.4, 0.5) is 0 Å². The molecule has 7 nitrogen and oxygen atoms in total. The first kappa shape index (κ1) is 20.0. The smallest absolute Gasteiger partial charge is 0.270 e. The molecule has 0 bridgehead atoms. The van der Waals surface area contributed by atoms with Gasteiger partial charge in [0.25, 0.3) is 5.91 Å². The fourth-order valence-electron chi connectivity index (χ4n) is 3.16. The molecule has 3 heterocycles. The summed E-state index contributed by atoms with van der Waals surface area (Å²) in [6, 6.07) is 3.14. The van der Waals surface area contributed by atoms with Gasteiger partial charge in [0.05, 0.1) is 28.4 Å². The molecule has 0 aromatic carbocycles. The van der Waals surface area contributed by atoms with Crippen molar-refractivity contribution in [3.8, 4) is 0 Å². The van der Waals surface area contributed by atoms with Crippen molar-refractivity contribution >= 4 is 50.3 Å². The topological polar surface area (TPSA) is 87.1 Å². The van der Waals surface area contributed by atoms with Crippen LogP contribution >= 0.6 is 22.9 Å². The van der Waals surface area contributed by atoms with Crippen molar-refractivity contribution in [3.63, 3.8) is 0 Å². The van der Waals surface area contributed by atoms with Gasteiger partial charge < -0.3 is 4.90 Å². The Morgan fingerprint density at radius 2 is 2.22 bits per heavy atom. The van der Waals surface area contributed by atoms with E-state index in [1.165, 1.54) is 16.3 Å². The molecule has 0 radical (unpaired) electrons. The molecule has 27 heavy (non-hydrogen) atoms. The summed E-state index contributed by atoms with van der Waals surface area (Å²) in [5, 5.41) is 5.45. The Balaban J connectivity index is 1.79. The molecule has 1 unspecified atom stereocenters. The number of sulfone groups is 1. The normalized spacial score (nSPS) is 21.8. The zero-order valence-corrected chi connectivity index (χ0v) is 17.0. The summed E-state index contributed by atoms with van der Waals surface area (Å²) >= 11 is 7.35. The van der Waals surface area contributed by atoms with E-state index in [9.17, 15) is 18.0 Å². The second kappa shape index (κ2) is 8.12. The molecule has 1 aromatic heterocycles. The Morgan fingerprint density at radius 3 is 2.81 bits per heavy atom. The number of nitrogens with zero attached hydrogens (tertiary/aromatic N) is 3. The predicted molar refractivity (Wildman–Crippen MR) is 106 cm³/mol. The molecular weight excluding hydrogens is 410 g/mol. The molecule has 0 aliphatic carbocycles. The Labute approximate surface area is 167 Å². The number of carbonyl (C=O) groups is 2. The number of carbonyl (C=O) groups excluding carboxylic acids is 2. The van der Waals surface area contributed by atoms with Gasteiger partial charge in [-0.25, -0.2) is 13.4 Å². The monoisotopic (exact) mass is 429 g/mol. The van der Waals surface area contributed by atoms with Crippen LogP contribution in [0, 0.1) is 0 Å². The molecular formula is C17H20ClN3O4S2.